The Balaban J connectivity index is 1.41. The number of rotatable bonds is 4. The van der Waals surface area contributed by atoms with Crippen LogP contribution in [0.15, 0.2) is 48.9 Å². The number of amides is 1. The van der Waals surface area contributed by atoms with Crippen LogP contribution in [-0.2, 0) is 7.05 Å². The Labute approximate surface area is 184 Å². The van der Waals surface area contributed by atoms with Gasteiger partial charge in [-0.05, 0) is 43.2 Å². The highest BCUT2D eigenvalue weighted by molar-refractivity contribution is 5.93. The summed E-state index contributed by atoms with van der Waals surface area (Å²) in [5, 5.41) is 8.79. The molecule has 0 saturated carbocycles. The first kappa shape index (κ1) is 20.2. The van der Waals surface area contributed by atoms with Gasteiger partial charge in [-0.15, -0.1) is 0 Å². The number of nitrogens with zero attached hydrogens (tertiary/aromatic N) is 6. The molecule has 8 nitrogen and oxygen atoms in total. The number of aromatic nitrogens is 5. The predicted octanol–water partition coefficient (Wildman–Crippen LogP) is 3.30. The van der Waals surface area contributed by atoms with Crippen molar-refractivity contribution in [3.05, 3.63) is 66.1 Å². The minimum absolute atomic E-state index is 0.0213. The van der Waals surface area contributed by atoms with Gasteiger partial charge in [0.05, 0.1) is 18.9 Å². The van der Waals surface area contributed by atoms with E-state index in [4.69, 9.17) is 9.72 Å². The second kappa shape index (κ2) is 8.07. The smallest absolute Gasteiger partial charge is 0.257 e. The summed E-state index contributed by atoms with van der Waals surface area (Å²) in [5.41, 5.74) is 2.72. The second-order valence-corrected chi connectivity index (χ2v) is 8.03. The van der Waals surface area contributed by atoms with E-state index in [1.54, 1.807) is 41.8 Å². The lowest BCUT2D eigenvalue weighted by molar-refractivity contribution is 0.0704. The fourth-order valence-corrected chi connectivity index (χ4v) is 4.22. The summed E-state index contributed by atoms with van der Waals surface area (Å²) >= 11 is 0. The van der Waals surface area contributed by atoms with Gasteiger partial charge >= 0.3 is 0 Å². The van der Waals surface area contributed by atoms with Crippen molar-refractivity contribution in [2.45, 2.75) is 18.8 Å². The van der Waals surface area contributed by atoms with Crippen molar-refractivity contribution in [3.63, 3.8) is 0 Å². The monoisotopic (exact) mass is 434 g/mol. The number of methoxy groups -OCH3 is 1. The molecule has 1 amide bonds. The molecule has 0 aliphatic carbocycles. The highest BCUT2D eigenvalue weighted by Crippen LogP contribution is 2.31. The highest BCUT2D eigenvalue weighted by Gasteiger charge is 2.28. The van der Waals surface area contributed by atoms with Gasteiger partial charge in [-0.1, -0.05) is 0 Å². The van der Waals surface area contributed by atoms with Crippen molar-refractivity contribution in [1.82, 2.24) is 29.3 Å². The van der Waals surface area contributed by atoms with Crippen LogP contribution in [0.1, 0.15) is 34.9 Å². The molecule has 1 aliphatic rings. The van der Waals surface area contributed by atoms with Crippen molar-refractivity contribution in [1.29, 1.82) is 0 Å². The van der Waals surface area contributed by atoms with E-state index in [2.05, 4.69) is 10.2 Å². The van der Waals surface area contributed by atoms with Gasteiger partial charge in [0, 0.05) is 49.6 Å². The molecule has 1 saturated heterocycles. The minimum Gasteiger partial charge on any atom is -0.496 e. The van der Waals surface area contributed by atoms with Crippen LogP contribution in [0, 0.1) is 5.82 Å². The number of hydrogen-bond acceptors (Lipinski definition) is 5. The fourth-order valence-electron chi connectivity index (χ4n) is 4.22. The predicted molar refractivity (Wildman–Crippen MR) is 116 cm³/mol. The molecule has 0 N–H and O–H groups in total. The summed E-state index contributed by atoms with van der Waals surface area (Å²) in [4.78, 5) is 19.4. The normalized spacial score (nSPS) is 16.5. The quantitative estimate of drug-likeness (QED) is 0.493. The van der Waals surface area contributed by atoms with Crippen LogP contribution in [0.2, 0.25) is 0 Å². The Morgan fingerprint density at radius 1 is 1.22 bits per heavy atom. The van der Waals surface area contributed by atoms with Gasteiger partial charge in [0.25, 0.3) is 5.91 Å². The zero-order valence-electron chi connectivity index (χ0n) is 17.9. The van der Waals surface area contributed by atoms with Gasteiger partial charge < -0.3 is 9.64 Å². The standard InChI is InChI=1S/C23H23FN6O2/c1-28-12-17(11-25-28)23(31)29-9-3-4-16(13-29)22-26-21-8-5-15(14-30(21)27-22)19-10-18(24)6-7-20(19)32-2/h5-8,10-12,14,16H,3-4,9,13H2,1-2H3. The van der Waals surface area contributed by atoms with E-state index in [0.29, 0.717) is 41.4 Å². The fraction of sp³-hybridized carbons (Fsp3) is 0.304. The zero-order valence-corrected chi connectivity index (χ0v) is 17.9. The lowest BCUT2D eigenvalue weighted by Crippen LogP contribution is -2.39. The number of pyridine rings is 1. The first-order valence-electron chi connectivity index (χ1n) is 10.5. The van der Waals surface area contributed by atoms with Crippen LogP contribution in [0.25, 0.3) is 16.8 Å². The minimum atomic E-state index is -0.333. The number of carbonyl (C=O) groups is 1. The number of hydrogen-bond donors (Lipinski definition) is 0. The van der Waals surface area contributed by atoms with Gasteiger partial charge in [-0.25, -0.2) is 13.9 Å². The second-order valence-electron chi connectivity index (χ2n) is 8.03. The molecule has 0 radical (unpaired) electrons. The molecule has 0 bridgehead atoms. The Morgan fingerprint density at radius 3 is 2.88 bits per heavy atom. The number of ether oxygens (including phenoxy) is 1. The molecule has 4 aromatic rings. The summed E-state index contributed by atoms with van der Waals surface area (Å²) in [6.07, 6.45) is 6.95. The van der Waals surface area contributed by atoms with E-state index in [9.17, 15) is 9.18 Å². The van der Waals surface area contributed by atoms with E-state index in [-0.39, 0.29) is 17.6 Å². The molecule has 1 aromatic carbocycles. The van der Waals surface area contributed by atoms with Crippen LogP contribution in [0.4, 0.5) is 4.39 Å². The lowest BCUT2D eigenvalue weighted by atomic mass is 9.97. The zero-order chi connectivity index (χ0) is 22.2. The summed E-state index contributed by atoms with van der Waals surface area (Å²) in [6.45, 7) is 1.27. The SMILES string of the molecule is COc1ccc(F)cc1-c1ccc2nc(C3CCCN(C(=O)c4cnn(C)c4)C3)nn2c1. The molecule has 3 aromatic heterocycles. The topological polar surface area (TPSA) is 77.5 Å². The number of benzene rings is 1. The van der Waals surface area contributed by atoms with Crippen LogP contribution in [0.3, 0.4) is 0 Å². The maximum absolute atomic E-state index is 13.8. The van der Waals surface area contributed by atoms with E-state index >= 15 is 0 Å². The molecule has 1 fully saturated rings. The van der Waals surface area contributed by atoms with E-state index in [1.807, 2.05) is 23.2 Å². The van der Waals surface area contributed by atoms with Gasteiger partial charge in [0.1, 0.15) is 11.6 Å². The van der Waals surface area contributed by atoms with Crippen molar-refractivity contribution in [2.75, 3.05) is 20.2 Å². The molecule has 0 spiro atoms. The summed E-state index contributed by atoms with van der Waals surface area (Å²) < 4.78 is 22.5. The average molecular weight is 434 g/mol. The molecule has 164 valence electrons. The molecule has 5 rings (SSSR count). The van der Waals surface area contributed by atoms with Crippen molar-refractivity contribution in [3.8, 4) is 16.9 Å². The van der Waals surface area contributed by atoms with E-state index in [1.165, 1.54) is 12.1 Å². The maximum atomic E-state index is 13.8. The Bertz CT molecular complexity index is 1300. The van der Waals surface area contributed by atoms with Gasteiger partial charge in [-0.3, -0.25) is 9.48 Å². The largest absolute Gasteiger partial charge is 0.496 e. The third-order valence-electron chi connectivity index (χ3n) is 5.85. The number of carbonyl (C=O) groups excluding carboxylic acids is 1. The molecule has 4 heterocycles. The van der Waals surface area contributed by atoms with Crippen LogP contribution < -0.4 is 4.74 Å². The first-order chi connectivity index (χ1) is 15.5. The Kier molecular flexibility index (Phi) is 5.08. The molecule has 1 atom stereocenters. The molecule has 32 heavy (non-hydrogen) atoms. The molecule has 1 aliphatic heterocycles. The van der Waals surface area contributed by atoms with Crippen molar-refractivity contribution < 1.29 is 13.9 Å². The first-order valence-corrected chi connectivity index (χ1v) is 10.5. The van der Waals surface area contributed by atoms with Crippen molar-refractivity contribution in [2.24, 2.45) is 7.05 Å². The lowest BCUT2D eigenvalue weighted by Gasteiger charge is -2.31. The maximum Gasteiger partial charge on any atom is 0.257 e. The van der Waals surface area contributed by atoms with E-state index < -0.39 is 0 Å². The molecule has 9 heteroatoms. The number of halogens is 1. The van der Waals surface area contributed by atoms with Crippen LogP contribution in [-0.4, -0.2) is 55.4 Å². The van der Waals surface area contributed by atoms with Gasteiger partial charge in [-0.2, -0.15) is 10.2 Å². The number of piperidine rings is 1. The number of fused-ring (bicyclic) bond motifs is 1. The van der Waals surface area contributed by atoms with E-state index in [0.717, 1.165) is 18.4 Å². The van der Waals surface area contributed by atoms with Gasteiger partial charge in [0.15, 0.2) is 11.5 Å². The summed E-state index contributed by atoms with van der Waals surface area (Å²) in [6, 6.07) is 8.16. The van der Waals surface area contributed by atoms with Gasteiger partial charge in [0.2, 0.25) is 0 Å². The molecular weight excluding hydrogens is 411 g/mol. The Morgan fingerprint density at radius 2 is 2.09 bits per heavy atom. The third-order valence-corrected chi connectivity index (χ3v) is 5.85. The molecular formula is C23H23FN6O2. The Hall–Kier alpha value is -3.75. The third kappa shape index (κ3) is 3.70. The van der Waals surface area contributed by atoms with Crippen molar-refractivity contribution >= 4 is 11.6 Å². The number of likely N-dealkylation sites (tertiary alicyclic amines) is 1. The summed E-state index contributed by atoms with van der Waals surface area (Å²) in [5.74, 6) is 0.990. The van der Waals surface area contributed by atoms with Crippen LogP contribution in [0.5, 0.6) is 5.75 Å². The average Bonchev–Trinajstić information content (AvgIpc) is 3.44. The number of aryl methyl sites for hydroxylation is 1. The summed E-state index contributed by atoms with van der Waals surface area (Å²) in [7, 11) is 3.36. The highest BCUT2D eigenvalue weighted by atomic mass is 19.1. The molecule has 1 unspecified atom stereocenters. The van der Waals surface area contributed by atoms with Crippen LogP contribution >= 0.6 is 0 Å².